The normalized spacial score (nSPS) is 10.6. The molecule has 0 bridgehead atoms. The van der Waals surface area contributed by atoms with Crippen molar-refractivity contribution in [3.63, 3.8) is 0 Å². The zero-order valence-corrected chi connectivity index (χ0v) is 11.5. The highest BCUT2D eigenvalue weighted by molar-refractivity contribution is 9.10. The Morgan fingerprint density at radius 3 is 2.63 bits per heavy atom. The van der Waals surface area contributed by atoms with Crippen LogP contribution in [0.1, 0.15) is 15.9 Å². The van der Waals surface area contributed by atoms with Gasteiger partial charge in [-0.3, -0.25) is 4.79 Å². The Morgan fingerprint density at radius 1 is 1.21 bits per heavy atom. The van der Waals surface area contributed by atoms with E-state index in [1.165, 1.54) is 24.3 Å². The summed E-state index contributed by atoms with van der Waals surface area (Å²) in [7, 11) is 0. The Balaban J connectivity index is 1.98. The predicted molar refractivity (Wildman–Crippen MR) is 77.3 cm³/mol. The first-order chi connectivity index (χ1) is 9.15. The summed E-state index contributed by atoms with van der Waals surface area (Å²) in [5.41, 5.74) is 3.73. The average molecular weight is 319 g/mol. The highest BCUT2D eigenvalue weighted by atomic mass is 79.9. The van der Waals surface area contributed by atoms with Crippen LogP contribution in [0.5, 0.6) is 5.75 Å². The second-order valence-corrected chi connectivity index (χ2v) is 4.72. The number of benzene rings is 2. The second kappa shape index (κ2) is 6.15. The Hall–Kier alpha value is -2.14. The van der Waals surface area contributed by atoms with E-state index in [1.54, 1.807) is 6.21 Å². The number of hydrogen-bond donors (Lipinski definition) is 2. The standard InChI is InChI=1S/C14H11BrN2O2/c15-12-3-1-2-10(8-12)9-16-17-14(19)11-4-6-13(18)7-5-11/h1-9,18H,(H,17,19)/b16-9+. The number of nitrogens with zero attached hydrogens (tertiary/aromatic N) is 1. The van der Waals surface area contributed by atoms with Gasteiger partial charge in [0.1, 0.15) is 5.75 Å². The first kappa shape index (κ1) is 13.3. The average Bonchev–Trinajstić information content (AvgIpc) is 2.39. The van der Waals surface area contributed by atoms with Crippen molar-refractivity contribution in [3.05, 3.63) is 64.1 Å². The van der Waals surface area contributed by atoms with Gasteiger partial charge in [0.2, 0.25) is 0 Å². The maximum Gasteiger partial charge on any atom is 0.271 e. The van der Waals surface area contributed by atoms with E-state index in [0.717, 1.165) is 10.0 Å². The van der Waals surface area contributed by atoms with Crippen LogP contribution >= 0.6 is 15.9 Å². The van der Waals surface area contributed by atoms with Crippen LogP contribution in [0, 0.1) is 0 Å². The Labute approximate surface area is 118 Å². The molecule has 0 aliphatic carbocycles. The zero-order valence-electron chi connectivity index (χ0n) is 9.88. The highest BCUT2D eigenvalue weighted by Gasteiger charge is 2.02. The molecule has 1 amide bonds. The van der Waals surface area contributed by atoms with Gasteiger partial charge in [-0.15, -0.1) is 0 Å². The van der Waals surface area contributed by atoms with Crippen LogP contribution in [0.4, 0.5) is 0 Å². The van der Waals surface area contributed by atoms with Gasteiger partial charge in [-0.1, -0.05) is 28.1 Å². The maximum absolute atomic E-state index is 11.7. The quantitative estimate of drug-likeness (QED) is 0.675. The van der Waals surface area contributed by atoms with Crippen molar-refractivity contribution >= 4 is 28.1 Å². The fourth-order valence-corrected chi connectivity index (χ4v) is 1.85. The van der Waals surface area contributed by atoms with Crippen molar-refractivity contribution in [1.82, 2.24) is 5.43 Å². The Kier molecular flexibility index (Phi) is 4.30. The van der Waals surface area contributed by atoms with E-state index in [2.05, 4.69) is 26.5 Å². The summed E-state index contributed by atoms with van der Waals surface area (Å²) in [6, 6.07) is 13.5. The van der Waals surface area contributed by atoms with Crippen LogP contribution in [0.25, 0.3) is 0 Å². The van der Waals surface area contributed by atoms with Crippen molar-refractivity contribution < 1.29 is 9.90 Å². The molecule has 4 nitrogen and oxygen atoms in total. The Bertz CT molecular complexity index is 609. The molecule has 0 heterocycles. The molecule has 0 saturated heterocycles. The summed E-state index contributed by atoms with van der Waals surface area (Å²) >= 11 is 3.35. The van der Waals surface area contributed by atoms with Gasteiger partial charge in [0.25, 0.3) is 5.91 Å². The third-order valence-electron chi connectivity index (χ3n) is 2.36. The largest absolute Gasteiger partial charge is 0.508 e. The summed E-state index contributed by atoms with van der Waals surface area (Å²) in [6.45, 7) is 0. The van der Waals surface area contributed by atoms with Gasteiger partial charge in [0.15, 0.2) is 0 Å². The van der Waals surface area contributed by atoms with Gasteiger partial charge in [-0.25, -0.2) is 5.43 Å². The first-order valence-electron chi connectivity index (χ1n) is 5.53. The lowest BCUT2D eigenvalue weighted by Gasteiger charge is -2.00. The van der Waals surface area contributed by atoms with E-state index < -0.39 is 0 Å². The van der Waals surface area contributed by atoms with E-state index >= 15 is 0 Å². The minimum atomic E-state index is -0.328. The molecule has 0 aromatic heterocycles. The smallest absolute Gasteiger partial charge is 0.271 e. The topological polar surface area (TPSA) is 61.7 Å². The van der Waals surface area contributed by atoms with E-state index in [4.69, 9.17) is 5.11 Å². The predicted octanol–water partition coefficient (Wildman–Crippen LogP) is 2.92. The molecule has 0 aliphatic heterocycles. The van der Waals surface area contributed by atoms with Gasteiger partial charge in [0, 0.05) is 10.0 Å². The van der Waals surface area contributed by atoms with E-state index in [9.17, 15) is 4.79 Å². The van der Waals surface area contributed by atoms with Crippen LogP contribution in [0.3, 0.4) is 0 Å². The molecule has 0 fully saturated rings. The number of aromatic hydroxyl groups is 1. The van der Waals surface area contributed by atoms with Gasteiger partial charge >= 0.3 is 0 Å². The molecule has 0 unspecified atom stereocenters. The molecule has 0 spiro atoms. The summed E-state index contributed by atoms with van der Waals surface area (Å²) in [5.74, 6) is -0.208. The number of amides is 1. The first-order valence-corrected chi connectivity index (χ1v) is 6.32. The molecule has 5 heteroatoms. The van der Waals surface area contributed by atoms with E-state index in [1.807, 2.05) is 24.3 Å². The molecule has 19 heavy (non-hydrogen) atoms. The highest BCUT2D eigenvalue weighted by Crippen LogP contribution is 2.10. The summed E-state index contributed by atoms with van der Waals surface area (Å²) < 4.78 is 0.946. The minimum absolute atomic E-state index is 0.120. The van der Waals surface area contributed by atoms with Crippen LogP contribution in [0.2, 0.25) is 0 Å². The number of nitrogens with one attached hydrogen (secondary N) is 1. The number of phenolic OH excluding ortho intramolecular Hbond substituents is 1. The summed E-state index contributed by atoms with van der Waals surface area (Å²) in [5, 5.41) is 13.0. The van der Waals surface area contributed by atoms with Crippen LogP contribution in [-0.2, 0) is 0 Å². The number of hydrazone groups is 1. The third-order valence-corrected chi connectivity index (χ3v) is 2.85. The summed E-state index contributed by atoms with van der Waals surface area (Å²) in [6.07, 6.45) is 1.56. The molecular formula is C14H11BrN2O2. The number of rotatable bonds is 3. The Morgan fingerprint density at radius 2 is 1.95 bits per heavy atom. The summed E-state index contributed by atoms with van der Waals surface area (Å²) in [4.78, 5) is 11.7. The number of hydrogen-bond acceptors (Lipinski definition) is 3. The van der Waals surface area contributed by atoms with Gasteiger partial charge < -0.3 is 5.11 Å². The van der Waals surface area contributed by atoms with Gasteiger partial charge in [-0.2, -0.15) is 5.10 Å². The fraction of sp³-hybridized carbons (Fsp3) is 0. The van der Waals surface area contributed by atoms with Gasteiger partial charge in [0.05, 0.1) is 6.21 Å². The molecule has 2 aromatic carbocycles. The number of phenols is 1. The van der Waals surface area contributed by atoms with Crippen molar-refractivity contribution in [2.45, 2.75) is 0 Å². The lowest BCUT2D eigenvalue weighted by atomic mass is 10.2. The second-order valence-electron chi connectivity index (χ2n) is 3.80. The van der Waals surface area contributed by atoms with Crippen LogP contribution in [-0.4, -0.2) is 17.2 Å². The van der Waals surface area contributed by atoms with Crippen molar-refractivity contribution in [3.8, 4) is 5.75 Å². The van der Waals surface area contributed by atoms with E-state index in [-0.39, 0.29) is 11.7 Å². The van der Waals surface area contributed by atoms with Crippen LogP contribution in [0.15, 0.2) is 58.1 Å². The van der Waals surface area contributed by atoms with Crippen molar-refractivity contribution in [1.29, 1.82) is 0 Å². The van der Waals surface area contributed by atoms with E-state index in [0.29, 0.717) is 5.56 Å². The molecule has 0 radical (unpaired) electrons. The number of carbonyl (C=O) groups is 1. The SMILES string of the molecule is O=C(N/N=C/c1cccc(Br)c1)c1ccc(O)cc1. The molecule has 0 aliphatic rings. The fourth-order valence-electron chi connectivity index (χ4n) is 1.43. The lowest BCUT2D eigenvalue weighted by Crippen LogP contribution is -2.17. The molecule has 2 aromatic rings. The number of halogens is 1. The molecule has 0 atom stereocenters. The molecule has 2 N–H and O–H groups in total. The van der Waals surface area contributed by atoms with Gasteiger partial charge in [-0.05, 0) is 42.0 Å². The number of carbonyl (C=O) groups excluding carboxylic acids is 1. The van der Waals surface area contributed by atoms with Crippen molar-refractivity contribution in [2.75, 3.05) is 0 Å². The monoisotopic (exact) mass is 318 g/mol. The van der Waals surface area contributed by atoms with Crippen molar-refractivity contribution in [2.24, 2.45) is 5.10 Å². The van der Waals surface area contributed by atoms with Crippen LogP contribution < -0.4 is 5.43 Å². The zero-order chi connectivity index (χ0) is 13.7. The molecule has 2 rings (SSSR count). The minimum Gasteiger partial charge on any atom is -0.508 e. The molecule has 96 valence electrons. The third kappa shape index (κ3) is 3.93. The maximum atomic E-state index is 11.7. The lowest BCUT2D eigenvalue weighted by molar-refractivity contribution is 0.0955. The molecular weight excluding hydrogens is 308 g/mol. The molecule has 0 saturated carbocycles.